The van der Waals surface area contributed by atoms with Crippen LogP contribution in [0.5, 0.6) is 0 Å². The zero-order chi connectivity index (χ0) is 15.1. The lowest BCUT2D eigenvalue weighted by Crippen LogP contribution is -2.40. The molecule has 1 amide bonds. The maximum atomic E-state index is 11.8. The summed E-state index contributed by atoms with van der Waals surface area (Å²) in [6.07, 6.45) is 0.207. The third kappa shape index (κ3) is 6.06. The summed E-state index contributed by atoms with van der Waals surface area (Å²) in [7, 11) is 0. The van der Waals surface area contributed by atoms with Crippen LogP contribution in [-0.2, 0) is 20.7 Å². The van der Waals surface area contributed by atoms with Gasteiger partial charge in [-0.05, 0) is 30.5 Å². The van der Waals surface area contributed by atoms with E-state index in [0.29, 0.717) is 11.6 Å². The Hall–Kier alpha value is -1.55. The number of carbonyl (C=O) groups excluding carboxylic acids is 2. The zero-order valence-electron chi connectivity index (χ0n) is 12.0. The number of carbonyl (C=O) groups is 2. The summed E-state index contributed by atoms with van der Waals surface area (Å²) >= 11 is 5.77. The Balaban J connectivity index is 2.41. The van der Waals surface area contributed by atoms with E-state index < -0.39 is 12.0 Å². The number of amides is 1. The summed E-state index contributed by atoms with van der Waals surface area (Å²) in [5.41, 5.74) is 0.842. The Morgan fingerprint density at radius 2 is 1.80 bits per heavy atom. The first-order chi connectivity index (χ1) is 9.38. The van der Waals surface area contributed by atoms with Crippen molar-refractivity contribution in [3.05, 3.63) is 34.9 Å². The highest BCUT2D eigenvalue weighted by molar-refractivity contribution is 6.30. The fraction of sp³-hybridized carbons (Fsp3) is 0.467. The Morgan fingerprint density at radius 3 is 2.35 bits per heavy atom. The number of hydrogen-bond acceptors (Lipinski definition) is 3. The van der Waals surface area contributed by atoms with Crippen LogP contribution in [0.3, 0.4) is 0 Å². The molecule has 0 saturated carbocycles. The quantitative estimate of drug-likeness (QED) is 0.821. The van der Waals surface area contributed by atoms with Gasteiger partial charge >= 0.3 is 5.97 Å². The molecule has 4 nitrogen and oxygen atoms in total. The van der Waals surface area contributed by atoms with Crippen LogP contribution in [-0.4, -0.2) is 24.5 Å². The molecule has 1 atom stereocenters. The monoisotopic (exact) mass is 297 g/mol. The van der Waals surface area contributed by atoms with Crippen molar-refractivity contribution < 1.29 is 14.3 Å². The number of nitrogens with one attached hydrogen (secondary N) is 1. The number of esters is 1. The summed E-state index contributed by atoms with van der Waals surface area (Å²) in [6, 6.07) is 6.37. The van der Waals surface area contributed by atoms with Crippen molar-refractivity contribution in [2.45, 2.75) is 33.2 Å². The molecule has 5 heteroatoms. The molecule has 110 valence electrons. The van der Waals surface area contributed by atoms with Crippen molar-refractivity contribution in [3.8, 4) is 0 Å². The zero-order valence-corrected chi connectivity index (χ0v) is 12.7. The number of benzene rings is 1. The third-order valence-electron chi connectivity index (χ3n) is 2.57. The minimum atomic E-state index is -0.645. The lowest BCUT2D eigenvalue weighted by atomic mass is 10.1. The number of ether oxygens (including phenoxy) is 1. The van der Waals surface area contributed by atoms with Gasteiger partial charge in [-0.3, -0.25) is 4.79 Å². The maximum absolute atomic E-state index is 11.8. The fourth-order valence-corrected chi connectivity index (χ4v) is 1.64. The molecule has 0 radical (unpaired) electrons. The first-order valence-corrected chi connectivity index (χ1v) is 6.96. The van der Waals surface area contributed by atoms with Crippen molar-refractivity contribution in [1.82, 2.24) is 5.32 Å². The van der Waals surface area contributed by atoms with Gasteiger partial charge in [0.15, 0.2) is 0 Å². The molecule has 0 aromatic heterocycles. The van der Waals surface area contributed by atoms with Gasteiger partial charge in [-0.25, -0.2) is 4.79 Å². The average molecular weight is 298 g/mol. The second-order valence-corrected chi connectivity index (χ2v) is 5.55. The van der Waals surface area contributed by atoms with E-state index in [1.165, 1.54) is 0 Å². The molecule has 0 saturated heterocycles. The Labute approximate surface area is 124 Å². The van der Waals surface area contributed by atoms with Gasteiger partial charge in [0.05, 0.1) is 13.0 Å². The third-order valence-corrected chi connectivity index (χ3v) is 2.82. The highest BCUT2D eigenvalue weighted by Gasteiger charge is 2.17. The lowest BCUT2D eigenvalue weighted by Gasteiger charge is -2.14. The van der Waals surface area contributed by atoms with E-state index in [1.807, 2.05) is 13.8 Å². The summed E-state index contributed by atoms with van der Waals surface area (Å²) in [4.78, 5) is 23.4. The highest BCUT2D eigenvalue weighted by Crippen LogP contribution is 2.09. The molecule has 0 aliphatic rings. The molecule has 0 spiro atoms. The van der Waals surface area contributed by atoms with Gasteiger partial charge in [0.25, 0.3) is 0 Å². The summed E-state index contributed by atoms with van der Waals surface area (Å²) < 4.78 is 5.06. The predicted octanol–water partition coefficient (Wildman–Crippen LogP) is 2.59. The second kappa shape index (κ2) is 7.90. The van der Waals surface area contributed by atoms with Crippen molar-refractivity contribution in [2.75, 3.05) is 6.61 Å². The molecule has 0 aliphatic carbocycles. The van der Waals surface area contributed by atoms with Crippen molar-refractivity contribution in [1.29, 1.82) is 0 Å². The van der Waals surface area contributed by atoms with Gasteiger partial charge in [0.2, 0.25) is 5.91 Å². The molecule has 1 rings (SSSR count). The van der Waals surface area contributed by atoms with Crippen LogP contribution in [0.1, 0.15) is 26.3 Å². The molecular weight excluding hydrogens is 278 g/mol. The molecular formula is C15H20ClNO3. The first-order valence-electron chi connectivity index (χ1n) is 6.59. The molecule has 20 heavy (non-hydrogen) atoms. The van der Waals surface area contributed by atoms with E-state index in [4.69, 9.17) is 16.3 Å². The maximum Gasteiger partial charge on any atom is 0.328 e. The van der Waals surface area contributed by atoms with Crippen molar-refractivity contribution in [2.24, 2.45) is 5.92 Å². The smallest absolute Gasteiger partial charge is 0.328 e. The van der Waals surface area contributed by atoms with Gasteiger partial charge < -0.3 is 10.1 Å². The Morgan fingerprint density at radius 1 is 1.20 bits per heavy atom. The Kier molecular flexibility index (Phi) is 6.52. The minimum Gasteiger partial charge on any atom is -0.464 e. The van der Waals surface area contributed by atoms with E-state index in [9.17, 15) is 9.59 Å². The van der Waals surface area contributed by atoms with Gasteiger partial charge in [-0.1, -0.05) is 37.6 Å². The van der Waals surface area contributed by atoms with Gasteiger partial charge in [0, 0.05) is 5.02 Å². The highest BCUT2D eigenvalue weighted by atomic mass is 35.5. The van der Waals surface area contributed by atoms with Crippen molar-refractivity contribution >= 4 is 23.5 Å². The van der Waals surface area contributed by atoms with E-state index >= 15 is 0 Å². The van der Waals surface area contributed by atoms with Crippen LogP contribution in [0.2, 0.25) is 5.02 Å². The molecule has 1 aromatic rings. The van der Waals surface area contributed by atoms with Crippen LogP contribution in [0.4, 0.5) is 0 Å². The Bertz CT molecular complexity index is 457. The molecule has 0 aliphatic heterocycles. The van der Waals surface area contributed by atoms with Gasteiger partial charge in [0.1, 0.15) is 6.04 Å². The van der Waals surface area contributed by atoms with E-state index in [-0.39, 0.29) is 18.2 Å². The largest absolute Gasteiger partial charge is 0.464 e. The molecule has 1 aromatic carbocycles. The predicted molar refractivity (Wildman–Crippen MR) is 78.6 cm³/mol. The topological polar surface area (TPSA) is 55.4 Å². The summed E-state index contributed by atoms with van der Waals surface area (Å²) in [5.74, 6) is -0.361. The standard InChI is InChI=1S/C15H20ClNO3/c1-10(2)9-20-15(19)11(3)17-14(18)8-12-4-6-13(16)7-5-12/h4-7,10-11H,8-9H2,1-3H3,(H,17,18). The van der Waals surface area contributed by atoms with Gasteiger partial charge in [-0.2, -0.15) is 0 Å². The van der Waals surface area contributed by atoms with Crippen LogP contribution in [0.15, 0.2) is 24.3 Å². The molecule has 0 fully saturated rings. The number of hydrogen-bond donors (Lipinski definition) is 1. The van der Waals surface area contributed by atoms with Crippen LogP contribution in [0.25, 0.3) is 0 Å². The molecule has 0 bridgehead atoms. The number of rotatable bonds is 6. The lowest BCUT2D eigenvalue weighted by molar-refractivity contribution is -0.148. The summed E-state index contributed by atoms with van der Waals surface area (Å²) in [5, 5.41) is 3.24. The SMILES string of the molecule is CC(C)COC(=O)C(C)NC(=O)Cc1ccc(Cl)cc1. The van der Waals surface area contributed by atoms with Crippen LogP contribution < -0.4 is 5.32 Å². The van der Waals surface area contributed by atoms with Gasteiger partial charge in [-0.15, -0.1) is 0 Å². The van der Waals surface area contributed by atoms with E-state index in [2.05, 4.69) is 5.32 Å². The second-order valence-electron chi connectivity index (χ2n) is 5.12. The first kappa shape index (κ1) is 16.5. The average Bonchev–Trinajstić information content (AvgIpc) is 2.38. The normalized spacial score (nSPS) is 12.1. The molecule has 1 N–H and O–H groups in total. The molecule has 1 unspecified atom stereocenters. The number of halogens is 1. The summed E-state index contributed by atoms with van der Waals surface area (Å²) in [6.45, 7) is 5.88. The van der Waals surface area contributed by atoms with Crippen LogP contribution in [0, 0.1) is 5.92 Å². The van der Waals surface area contributed by atoms with Crippen LogP contribution >= 0.6 is 11.6 Å². The van der Waals surface area contributed by atoms with E-state index in [1.54, 1.807) is 31.2 Å². The minimum absolute atomic E-state index is 0.207. The van der Waals surface area contributed by atoms with Crippen molar-refractivity contribution in [3.63, 3.8) is 0 Å². The molecule has 0 heterocycles. The van der Waals surface area contributed by atoms with E-state index in [0.717, 1.165) is 5.56 Å². The fourth-order valence-electron chi connectivity index (χ4n) is 1.51.